The van der Waals surface area contributed by atoms with Crippen molar-refractivity contribution < 1.29 is 23.2 Å². The number of amides is 1. The van der Waals surface area contributed by atoms with E-state index in [0.717, 1.165) is 18.2 Å². The highest BCUT2D eigenvalue weighted by Gasteiger charge is 2.42. The van der Waals surface area contributed by atoms with Gasteiger partial charge in [0.2, 0.25) is 0 Å². The zero-order chi connectivity index (χ0) is 14.4. The molecule has 1 aromatic carbocycles. The number of benzene rings is 1. The molecule has 2 rings (SSSR count). The topological polar surface area (TPSA) is 118 Å². The predicted molar refractivity (Wildman–Crippen MR) is 63.0 cm³/mol. The summed E-state index contributed by atoms with van der Waals surface area (Å²) < 4.78 is 24.7. The summed E-state index contributed by atoms with van der Waals surface area (Å²) in [4.78, 5) is 21.4. The number of aliphatic hydroxyl groups is 1. The van der Waals surface area contributed by atoms with Crippen LogP contribution in [0.4, 0.5) is 5.69 Å². The monoisotopic (exact) mass is 286 g/mol. The van der Waals surface area contributed by atoms with Crippen LogP contribution in [0.3, 0.4) is 0 Å². The number of hydrogen-bond donors (Lipinski definition) is 1. The summed E-state index contributed by atoms with van der Waals surface area (Å²) in [6.07, 6.45) is -1.02. The third-order valence-electron chi connectivity index (χ3n) is 2.63. The van der Waals surface area contributed by atoms with Crippen molar-refractivity contribution in [3.8, 4) is 0 Å². The number of β-amino-alcohol motifs (C(OH)–C–C–N with tert-alkyl or cyclic N) is 1. The minimum absolute atomic E-state index is 0.119. The van der Waals surface area contributed by atoms with Gasteiger partial charge in [-0.1, -0.05) is 0 Å². The molecule has 0 spiro atoms. The summed E-state index contributed by atoms with van der Waals surface area (Å²) in [5.74, 6) is -0.786. The van der Waals surface area contributed by atoms with Gasteiger partial charge in [-0.2, -0.15) is 0 Å². The Balaban J connectivity index is 2.58. The van der Waals surface area contributed by atoms with Gasteiger partial charge in [0.05, 0.1) is 23.1 Å². The first-order chi connectivity index (χ1) is 8.75. The first-order valence-electron chi connectivity index (χ1n) is 5.28. The summed E-state index contributed by atoms with van der Waals surface area (Å²) in [6, 6.07) is 3.03. The number of fused-ring (bicyclic) bond motifs is 1. The Morgan fingerprint density at radius 2 is 2.11 bits per heavy atom. The van der Waals surface area contributed by atoms with Crippen molar-refractivity contribution in [1.29, 1.82) is 0 Å². The van der Waals surface area contributed by atoms with Crippen LogP contribution in [0, 0.1) is 10.1 Å². The molecule has 0 saturated heterocycles. The van der Waals surface area contributed by atoms with Crippen molar-refractivity contribution in [3.05, 3.63) is 33.9 Å². The number of carbonyl (C=O) groups excluding carboxylic acids is 1. The fourth-order valence-electron chi connectivity index (χ4n) is 1.80. The van der Waals surface area contributed by atoms with Gasteiger partial charge >= 0.3 is 0 Å². The largest absolute Gasteiger partial charge is 0.392 e. The Bertz CT molecular complexity index is 667. The predicted octanol–water partition coefficient (Wildman–Crippen LogP) is 0.120. The molecule has 0 aliphatic carbocycles. The number of sulfonamides is 1. The summed E-state index contributed by atoms with van der Waals surface area (Å²) in [5.41, 5.74) is -0.528. The van der Waals surface area contributed by atoms with Crippen LogP contribution in [0.5, 0.6) is 0 Å². The van der Waals surface area contributed by atoms with Crippen LogP contribution in [-0.4, -0.2) is 41.3 Å². The molecule has 0 fully saturated rings. The second-order valence-corrected chi connectivity index (χ2v) is 5.96. The fraction of sp³-hybridized carbons (Fsp3) is 0.300. The number of hydrogen-bond acceptors (Lipinski definition) is 6. The van der Waals surface area contributed by atoms with Crippen molar-refractivity contribution >= 4 is 21.6 Å². The van der Waals surface area contributed by atoms with Crippen LogP contribution in [0.25, 0.3) is 0 Å². The number of nitro groups is 1. The van der Waals surface area contributed by atoms with Crippen molar-refractivity contribution in [1.82, 2.24) is 4.31 Å². The quantitative estimate of drug-likeness (QED) is 0.622. The first-order valence-corrected chi connectivity index (χ1v) is 6.72. The Hall–Kier alpha value is -2.00. The van der Waals surface area contributed by atoms with Gasteiger partial charge in [0, 0.05) is 12.1 Å². The lowest BCUT2D eigenvalue weighted by Gasteiger charge is -2.16. The van der Waals surface area contributed by atoms with E-state index in [-0.39, 0.29) is 12.1 Å². The van der Waals surface area contributed by atoms with Gasteiger partial charge in [0.25, 0.3) is 21.6 Å². The number of non-ortho nitro benzene ring substituents is 1. The molecule has 0 bridgehead atoms. The van der Waals surface area contributed by atoms with Gasteiger partial charge in [-0.05, 0) is 13.0 Å². The summed E-state index contributed by atoms with van der Waals surface area (Å²) >= 11 is 0. The van der Waals surface area contributed by atoms with Crippen LogP contribution < -0.4 is 0 Å². The van der Waals surface area contributed by atoms with E-state index in [2.05, 4.69) is 0 Å². The van der Waals surface area contributed by atoms with E-state index >= 15 is 0 Å². The van der Waals surface area contributed by atoms with Gasteiger partial charge in [-0.25, -0.2) is 12.7 Å². The third kappa shape index (κ3) is 2.06. The van der Waals surface area contributed by atoms with E-state index in [0.29, 0.717) is 4.31 Å². The molecule has 1 amide bonds. The van der Waals surface area contributed by atoms with Gasteiger partial charge < -0.3 is 5.11 Å². The lowest BCUT2D eigenvalue weighted by atomic mass is 10.2. The normalized spacial score (nSPS) is 18.2. The van der Waals surface area contributed by atoms with Gasteiger partial charge in [0.1, 0.15) is 4.90 Å². The molecule has 0 saturated carbocycles. The fourth-order valence-corrected chi connectivity index (χ4v) is 3.47. The standard InChI is InChI=1S/C10H10N2O6S/c1-6(13)5-11-10(14)8-3-2-7(12(15)16)4-9(8)19(11,17)18/h2-4,6,13H,5H2,1H3. The maximum absolute atomic E-state index is 12.1. The lowest BCUT2D eigenvalue weighted by molar-refractivity contribution is -0.385. The molecule has 1 atom stereocenters. The molecule has 1 heterocycles. The maximum Gasteiger partial charge on any atom is 0.270 e. The van der Waals surface area contributed by atoms with Crippen LogP contribution in [0.1, 0.15) is 17.3 Å². The molecule has 9 heteroatoms. The number of aliphatic hydroxyl groups excluding tert-OH is 1. The van der Waals surface area contributed by atoms with Gasteiger partial charge in [-0.15, -0.1) is 0 Å². The number of nitrogens with zero attached hydrogens (tertiary/aromatic N) is 2. The van der Waals surface area contributed by atoms with Crippen LogP contribution in [-0.2, 0) is 10.0 Å². The van der Waals surface area contributed by atoms with Crippen molar-refractivity contribution in [2.24, 2.45) is 0 Å². The number of rotatable bonds is 3. The van der Waals surface area contributed by atoms with E-state index in [9.17, 15) is 28.4 Å². The van der Waals surface area contributed by atoms with E-state index in [1.807, 2.05) is 0 Å². The van der Waals surface area contributed by atoms with Crippen LogP contribution >= 0.6 is 0 Å². The minimum Gasteiger partial charge on any atom is -0.392 e. The molecule has 8 nitrogen and oxygen atoms in total. The van der Waals surface area contributed by atoms with Gasteiger partial charge in [-0.3, -0.25) is 14.9 Å². The highest BCUT2D eigenvalue weighted by molar-refractivity contribution is 7.90. The first kappa shape index (κ1) is 13.4. The zero-order valence-electron chi connectivity index (χ0n) is 9.81. The lowest BCUT2D eigenvalue weighted by Crippen LogP contribution is -2.35. The summed E-state index contributed by atoms with van der Waals surface area (Å²) in [5, 5.41) is 19.8. The molecule has 1 aromatic rings. The van der Waals surface area contributed by atoms with Gasteiger partial charge in [0.15, 0.2) is 0 Å². The Morgan fingerprint density at radius 3 is 2.63 bits per heavy atom. The molecule has 1 N–H and O–H groups in total. The molecular formula is C10H10N2O6S. The highest BCUT2D eigenvalue weighted by atomic mass is 32.2. The number of carbonyl (C=O) groups is 1. The second-order valence-electron chi connectivity index (χ2n) is 4.13. The van der Waals surface area contributed by atoms with E-state index in [1.165, 1.54) is 6.92 Å². The molecule has 0 radical (unpaired) electrons. The number of nitro benzene ring substituents is 1. The Labute approximate surface area is 108 Å². The zero-order valence-corrected chi connectivity index (χ0v) is 10.6. The SMILES string of the molecule is CC(O)CN1C(=O)c2ccc([N+](=O)[O-])cc2S1(=O)=O. The Kier molecular flexibility index (Phi) is 3.03. The molecule has 102 valence electrons. The minimum atomic E-state index is -4.13. The molecule has 0 aromatic heterocycles. The second kappa shape index (κ2) is 4.28. The van der Waals surface area contributed by atoms with Crippen molar-refractivity contribution in [2.75, 3.05) is 6.54 Å². The molecule has 1 aliphatic rings. The van der Waals surface area contributed by atoms with E-state index in [4.69, 9.17) is 0 Å². The average Bonchev–Trinajstić information content (AvgIpc) is 2.50. The summed E-state index contributed by atoms with van der Waals surface area (Å²) in [7, 11) is -4.13. The van der Waals surface area contributed by atoms with Crippen molar-refractivity contribution in [2.45, 2.75) is 17.9 Å². The van der Waals surface area contributed by atoms with Crippen LogP contribution in [0.15, 0.2) is 23.1 Å². The van der Waals surface area contributed by atoms with Crippen LogP contribution in [0.2, 0.25) is 0 Å². The van der Waals surface area contributed by atoms with E-state index in [1.54, 1.807) is 0 Å². The van der Waals surface area contributed by atoms with E-state index < -0.39 is 37.5 Å². The molecule has 19 heavy (non-hydrogen) atoms. The smallest absolute Gasteiger partial charge is 0.270 e. The average molecular weight is 286 g/mol. The molecular weight excluding hydrogens is 276 g/mol. The summed E-state index contributed by atoms with van der Waals surface area (Å²) in [6.45, 7) is 0.956. The maximum atomic E-state index is 12.1. The third-order valence-corrected chi connectivity index (χ3v) is 4.42. The Morgan fingerprint density at radius 1 is 1.47 bits per heavy atom. The van der Waals surface area contributed by atoms with Crippen molar-refractivity contribution in [3.63, 3.8) is 0 Å². The molecule has 1 unspecified atom stereocenters. The highest BCUT2D eigenvalue weighted by Crippen LogP contribution is 2.32. The molecule has 1 aliphatic heterocycles.